The highest BCUT2D eigenvalue weighted by atomic mass is 32.2. The van der Waals surface area contributed by atoms with Crippen LogP contribution in [0, 0.1) is 5.92 Å². The molecule has 4 rings (SSSR count). The number of carbonyl (C=O) groups excluding carboxylic acids is 1. The van der Waals surface area contributed by atoms with Crippen molar-refractivity contribution in [2.45, 2.75) is 24.3 Å². The summed E-state index contributed by atoms with van der Waals surface area (Å²) >= 11 is 1.70. The Kier molecular flexibility index (Phi) is 5.93. The molecule has 5 heteroatoms. The molecular weight excluding hydrogens is 366 g/mol. The quantitative estimate of drug-likeness (QED) is 0.451. The van der Waals surface area contributed by atoms with Gasteiger partial charge in [-0.25, -0.2) is 4.68 Å². The second kappa shape index (κ2) is 8.76. The number of carbonyl (C=O) groups is 1. The van der Waals surface area contributed by atoms with E-state index in [1.165, 1.54) is 10.5 Å². The summed E-state index contributed by atoms with van der Waals surface area (Å²) in [6.45, 7) is 2.74. The van der Waals surface area contributed by atoms with Gasteiger partial charge in [-0.2, -0.15) is 5.10 Å². The van der Waals surface area contributed by atoms with Crippen molar-refractivity contribution in [3.8, 4) is 5.69 Å². The molecule has 1 fully saturated rings. The van der Waals surface area contributed by atoms with Crippen molar-refractivity contribution in [3.05, 3.63) is 78.1 Å². The van der Waals surface area contributed by atoms with Crippen LogP contribution in [0.1, 0.15) is 28.8 Å². The zero-order valence-electron chi connectivity index (χ0n) is 16.1. The fourth-order valence-electron chi connectivity index (χ4n) is 3.88. The molecule has 2 aromatic carbocycles. The molecule has 1 atom stereocenters. The van der Waals surface area contributed by atoms with Crippen LogP contribution in [0.25, 0.3) is 5.69 Å². The van der Waals surface area contributed by atoms with E-state index >= 15 is 0 Å². The maximum Gasteiger partial charge on any atom is 0.167 e. The maximum absolute atomic E-state index is 13.0. The zero-order chi connectivity index (χ0) is 19.3. The Morgan fingerprint density at radius 3 is 2.79 bits per heavy atom. The van der Waals surface area contributed by atoms with Gasteiger partial charge in [0.2, 0.25) is 0 Å². The van der Waals surface area contributed by atoms with Crippen LogP contribution in [0.15, 0.2) is 71.9 Å². The van der Waals surface area contributed by atoms with Gasteiger partial charge in [-0.3, -0.25) is 9.69 Å². The number of Topliss-reactive ketones (excluding diaryl/α,β-unsaturated/α-hetero) is 1. The smallest absolute Gasteiger partial charge is 0.167 e. The van der Waals surface area contributed by atoms with E-state index in [2.05, 4.69) is 40.5 Å². The van der Waals surface area contributed by atoms with Gasteiger partial charge in [0.25, 0.3) is 0 Å². The molecule has 28 heavy (non-hydrogen) atoms. The van der Waals surface area contributed by atoms with E-state index in [1.54, 1.807) is 18.0 Å². The van der Waals surface area contributed by atoms with Crippen LogP contribution >= 0.6 is 11.8 Å². The van der Waals surface area contributed by atoms with Gasteiger partial charge in [-0.05, 0) is 61.5 Å². The van der Waals surface area contributed by atoms with Crippen LogP contribution < -0.4 is 0 Å². The van der Waals surface area contributed by atoms with Gasteiger partial charge in [-0.15, -0.1) is 11.8 Å². The second-order valence-electron chi connectivity index (χ2n) is 7.29. The molecular formula is C23H25N3OS. The number of likely N-dealkylation sites (tertiary alicyclic amines) is 1. The lowest BCUT2D eigenvalue weighted by molar-refractivity contribution is 0.0811. The Labute approximate surface area is 170 Å². The molecule has 0 bridgehead atoms. The largest absolute Gasteiger partial charge is 0.298 e. The SMILES string of the molecule is CSc1ccc(C(=O)[C@H]2CCCN(Cc3cccc(-n4cccn4)c3)C2)cc1. The second-order valence-corrected chi connectivity index (χ2v) is 8.17. The molecule has 0 spiro atoms. The predicted molar refractivity (Wildman–Crippen MR) is 114 cm³/mol. The highest BCUT2D eigenvalue weighted by molar-refractivity contribution is 7.98. The van der Waals surface area contributed by atoms with Crippen molar-refractivity contribution >= 4 is 17.5 Å². The number of rotatable bonds is 6. The van der Waals surface area contributed by atoms with E-state index in [-0.39, 0.29) is 11.7 Å². The third-order valence-electron chi connectivity index (χ3n) is 5.34. The minimum absolute atomic E-state index is 0.0863. The number of nitrogens with zero attached hydrogens (tertiary/aromatic N) is 3. The molecule has 1 aliphatic rings. The van der Waals surface area contributed by atoms with Crippen LogP contribution in [0.4, 0.5) is 0 Å². The monoisotopic (exact) mass is 391 g/mol. The Hall–Kier alpha value is -2.37. The molecule has 0 unspecified atom stereocenters. The summed E-state index contributed by atoms with van der Waals surface area (Å²) in [5.41, 5.74) is 3.16. The van der Waals surface area contributed by atoms with Crippen LogP contribution in [0.5, 0.6) is 0 Å². The first-order valence-electron chi connectivity index (χ1n) is 9.72. The predicted octanol–water partition coefficient (Wildman–Crippen LogP) is 4.69. The van der Waals surface area contributed by atoms with Crippen LogP contribution in [-0.2, 0) is 6.54 Å². The van der Waals surface area contributed by atoms with E-state index in [1.807, 2.05) is 41.2 Å². The van der Waals surface area contributed by atoms with Crippen molar-refractivity contribution in [2.75, 3.05) is 19.3 Å². The molecule has 0 amide bonds. The Balaban J connectivity index is 1.42. The molecule has 0 aliphatic carbocycles. The number of ketones is 1. The fraction of sp³-hybridized carbons (Fsp3) is 0.304. The average Bonchev–Trinajstić information content (AvgIpc) is 3.29. The number of hydrogen-bond donors (Lipinski definition) is 0. The van der Waals surface area contributed by atoms with E-state index in [0.29, 0.717) is 0 Å². The average molecular weight is 392 g/mol. The third kappa shape index (κ3) is 4.37. The van der Waals surface area contributed by atoms with Gasteiger partial charge in [0.15, 0.2) is 5.78 Å². The normalized spacial score (nSPS) is 17.5. The lowest BCUT2D eigenvalue weighted by atomic mass is 9.90. The first kappa shape index (κ1) is 19.0. The minimum Gasteiger partial charge on any atom is -0.298 e. The number of thioether (sulfide) groups is 1. The molecule has 2 heterocycles. The van der Waals surface area contributed by atoms with Gasteiger partial charge in [0.1, 0.15) is 0 Å². The topological polar surface area (TPSA) is 38.1 Å². The van der Waals surface area contributed by atoms with Gasteiger partial charge in [-0.1, -0.05) is 24.3 Å². The highest BCUT2D eigenvalue weighted by Gasteiger charge is 2.26. The molecule has 0 saturated carbocycles. The molecule has 1 saturated heterocycles. The number of aromatic nitrogens is 2. The fourth-order valence-corrected chi connectivity index (χ4v) is 4.29. The first-order chi connectivity index (χ1) is 13.7. The molecule has 4 nitrogen and oxygen atoms in total. The summed E-state index contributed by atoms with van der Waals surface area (Å²) in [6, 6.07) is 18.4. The standard InChI is InChI=1S/C23H25N3OS/c1-28-22-10-8-19(9-11-22)23(27)20-6-3-13-25(17-20)16-18-5-2-7-21(15-18)26-14-4-12-24-26/h2,4-5,7-12,14-15,20H,3,6,13,16-17H2,1H3/t20-/m0/s1. The molecule has 1 aliphatic heterocycles. The van der Waals surface area contributed by atoms with Crippen molar-refractivity contribution in [1.29, 1.82) is 0 Å². The zero-order valence-corrected chi connectivity index (χ0v) is 16.9. The highest BCUT2D eigenvalue weighted by Crippen LogP contribution is 2.24. The molecule has 0 N–H and O–H groups in total. The lowest BCUT2D eigenvalue weighted by Crippen LogP contribution is -2.38. The van der Waals surface area contributed by atoms with Crippen molar-refractivity contribution in [2.24, 2.45) is 5.92 Å². The summed E-state index contributed by atoms with van der Waals surface area (Å²) < 4.78 is 1.88. The van der Waals surface area contributed by atoms with Gasteiger partial charge in [0.05, 0.1) is 5.69 Å². The lowest BCUT2D eigenvalue weighted by Gasteiger charge is -2.32. The van der Waals surface area contributed by atoms with Crippen LogP contribution in [0.3, 0.4) is 0 Å². The minimum atomic E-state index is 0.0863. The van der Waals surface area contributed by atoms with Crippen molar-refractivity contribution in [3.63, 3.8) is 0 Å². The molecule has 1 aromatic heterocycles. The summed E-state index contributed by atoms with van der Waals surface area (Å²) in [5, 5.41) is 4.31. The van der Waals surface area contributed by atoms with E-state index in [4.69, 9.17) is 0 Å². The molecule has 3 aromatic rings. The van der Waals surface area contributed by atoms with E-state index < -0.39 is 0 Å². The van der Waals surface area contributed by atoms with Crippen molar-refractivity contribution < 1.29 is 4.79 Å². The number of hydrogen-bond acceptors (Lipinski definition) is 4. The third-order valence-corrected chi connectivity index (χ3v) is 6.08. The maximum atomic E-state index is 13.0. The van der Waals surface area contributed by atoms with Crippen molar-refractivity contribution in [1.82, 2.24) is 14.7 Å². The summed E-state index contributed by atoms with van der Waals surface area (Å²) in [6.07, 6.45) is 7.85. The van der Waals surface area contributed by atoms with Crippen LogP contribution in [-0.4, -0.2) is 39.8 Å². The van der Waals surface area contributed by atoms with Gasteiger partial charge < -0.3 is 0 Å². The summed E-state index contributed by atoms with van der Waals surface area (Å²) in [7, 11) is 0. The Morgan fingerprint density at radius 2 is 2.04 bits per heavy atom. The number of piperidine rings is 1. The summed E-state index contributed by atoms with van der Waals surface area (Å²) in [4.78, 5) is 16.6. The first-order valence-corrected chi connectivity index (χ1v) is 10.9. The van der Waals surface area contributed by atoms with Crippen LogP contribution in [0.2, 0.25) is 0 Å². The molecule has 0 radical (unpaired) electrons. The number of benzene rings is 2. The molecule has 144 valence electrons. The Morgan fingerprint density at radius 1 is 1.18 bits per heavy atom. The Bertz CT molecular complexity index is 921. The van der Waals surface area contributed by atoms with E-state index in [9.17, 15) is 4.79 Å². The van der Waals surface area contributed by atoms with Gasteiger partial charge >= 0.3 is 0 Å². The summed E-state index contributed by atoms with van der Waals surface area (Å²) in [5.74, 6) is 0.367. The van der Waals surface area contributed by atoms with E-state index in [0.717, 1.165) is 43.7 Å². The van der Waals surface area contributed by atoms with Gasteiger partial charge in [0, 0.05) is 41.9 Å².